The Kier molecular flexibility index (Phi) is 3.69. The van der Waals surface area contributed by atoms with Gasteiger partial charge in [0, 0.05) is 13.1 Å². The van der Waals surface area contributed by atoms with Crippen LogP contribution in [0.2, 0.25) is 0 Å². The van der Waals surface area contributed by atoms with E-state index in [9.17, 15) is 9.59 Å². The van der Waals surface area contributed by atoms with E-state index in [1.165, 1.54) is 7.11 Å². The minimum Gasteiger partial charge on any atom is -0.469 e. The van der Waals surface area contributed by atoms with Crippen LogP contribution in [0.15, 0.2) is 0 Å². The van der Waals surface area contributed by atoms with Crippen molar-refractivity contribution in [2.75, 3.05) is 20.2 Å². The monoisotopic (exact) mass is 243 g/mol. The van der Waals surface area contributed by atoms with Gasteiger partial charge in [-0.05, 0) is 34.1 Å². The summed E-state index contributed by atoms with van der Waals surface area (Å²) in [5.41, 5.74) is -1.12. The third kappa shape index (κ3) is 3.35. The van der Waals surface area contributed by atoms with Crippen LogP contribution in [0.25, 0.3) is 0 Å². The maximum absolute atomic E-state index is 11.8. The number of carbonyl (C=O) groups is 2. The molecule has 0 aromatic heterocycles. The molecule has 17 heavy (non-hydrogen) atoms. The van der Waals surface area contributed by atoms with E-state index < -0.39 is 11.0 Å². The molecule has 0 aromatic carbocycles. The summed E-state index contributed by atoms with van der Waals surface area (Å²) in [4.78, 5) is 25.0. The van der Waals surface area contributed by atoms with E-state index in [0.717, 1.165) is 0 Å². The highest BCUT2D eigenvalue weighted by atomic mass is 16.6. The smallest absolute Gasteiger partial charge is 0.410 e. The van der Waals surface area contributed by atoms with Gasteiger partial charge in [0.2, 0.25) is 0 Å². The predicted molar refractivity (Wildman–Crippen MR) is 62.5 cm³/mol. The van der Waals surface area contributed by atoms with Gasteiger partial charge in [-0.3, -0.25) is 4.79 Å². The number of rotatable bonds is 1. The van der Waals surface area contributed by atoms with Crippen LogP contribution in [0.1, 0.15) is 34.1 Å². The van der Waals surface area contributed by atoms with E-state index in [4.69, 9.17) is 9.47 Å². The molecule has 0 aromatic rings. The van der Waals surface area contributed by atoms with E-state index in [0.29, 0.717) is 19.5 Å². The molecular weight excluding hydrogens is 222 g/mol. The van der Waals surface area contributed by atoms with E-state index in [2.05, 4.69) is 0 Å². The topological polar surface area (TPSA) is 55.8 Å². The van der Waals surface area contributed by atoms with Gasteiger partial charge < -0.3 is 14.4 Å². The number of nitrogens with zero attached hydrogens (tertiary/aromatic N) is 1. The van der Waals surface area contributed by atoms with Crippen LogP contribution in [0.3, 0.4) is 0 Å². The van der Waals surface area contributed by atoms with Gasteiger partial charge in [-0.1, -0.05) is 0 Å². The van der Waals surface area contributed by atoms with Crippen molar-refractivity contribution in [3.05, 3.63) is 0 Å². The van der Waals surface area contributed by atoms with Crippen molar-refractivity contribution in [2.24, 2.45) is 5.41 Å². The summed E-state index contributed by atoms with van der Waals surface area (Å²) in [6, 6.07) is 0. The minimum atomic E-state index is -0.606. The van der Waals surface area contributed by atoms with Crippen molar-refractivity contribution in [3.63, 3.8) is 0 Å². The van der Waals surface area contributed by atoms with Crippen LogP contribution < -0.4 is 0 Å². The summed E-state index contributed by atoms with van der Waals surface area (Å²) in [7, 11) is 1.36. The fourth-order valence-corrected chi connectivity index (χ4v) is 1.86. The maximum atomic E-state index is 11.8. The van der Waals surface area contributed by atoms with Crippen LogP contribution in [0.4, 0.5) is 4.79 Å². The van der Waals surface area contributed by atoms with Gasteiger partial charge in [-0.2, -0.15) is 0 Å². The Labute approximate surface area is 102 Å². The Balaban J connectivity index is 2.62. The second-order valence-electron chi connectivity index (χ2n) is 5.70. The van der Waals surface area contributed by atoms with E-state index in [1.807, 2.05) is 27.7 Å². The Morgan fingerprint density at radius 1 is 1.29 bits per heavy atom. The summed E-state index contributed by atoms with van der Waals surface area (Å²) in [6.07, 6.45) is 0.240. The van der Waals surface area contributed by atoms with Crippen LogP contribution in [-0.2, 0) is 14.3 Å². The highest BCUT2D eigenvalue weighted by Crippen LogP contribution is 2.31. The summed E-state index contributed by atoms with van der Waals surface area (Å²) in [5, 5.41) is 0. The molecule has 0 aliphatic carbocycles. The van der Waals surface area contributed by atoms with Crippen molar-refractivity contribution in [2.45, 2.75) is 39.7 Å². The van der Waals surface area contributed by atoms with E-state index >= 15 is 0 Å². The number of amides is 1. The first kappa shape index (κ1) is 13.8. The fourth-order valence-electron chi connectivity index (χ4n) is 1.86. The molecule has 0 saturated carbocycles. The molecule has 1 amide bonds. The van der Waals surface area contributed by atoms with Crippen molar-refractivity contribution >= 4 is 12.1 Å². The zero-order valence-electron chi connectivity index (χ0n) is 11.2. The number of esters is 1. The van der Waals surface area contributed by atoms with E-state index in [1.54, 1.807) is 4.90 Å². The van der Waals surface area contributed by atoms with Crippen molar-refractivity contribution in [3.8, 4) is 0 Å². The molecule has 1 heterocycles. The fraction of sp³-hybridized carbons (Fsp3) is 0.833. The van der Waals surface area contributed by atoms with E-state index in [-0.39, 0.29) is 12.1 Å². The van der Waals surface area contributed by atoms with Crippen LogP contribution >= 0.6 is 0 Å². The zero-order chi connectivity index (χ0) is 13.3. The lowest BCUT2D eigenvalue weighted by atomic mass is 9.90. The molecule has 1 fully saturated rings. The highest BCUT2D eigenvalue weighted by Gasteiger charge is 2.43. The Hall–Kier alpha value is -1.26. The normalized spacial score (nSPS) is 24.6. The third-order valence-corrected chi connectivity index (χ3v) is 2.80. The Bertz CT molecular complexity index is 321. The zero-order valence-corrected chi connectivity index (χ0v) is 11.2. The van der Waals surface area contributed by atoms with Crippen molar-refractivity contribution in [1.29, 1.82) is 0 Å². The molecule has 5 nitrogen and oxygen atoms in total. The van der Waals surface area contributed by atoms with Crippen LogP contribution in [0.5, 0.6) is 0 Å². The lowest BCUT2D eigenvalue weighted by molar-refractivity contribution is -0.150. The molecule has 0 radical (unpaired) electrons. The maximum Gasteiger partial charge on any atom is 0.410 e. The SMILES string of the molecule is COC(=O)[C@]1(C)CCN(C(=O)OC(C)(C)C)C1. The first-order valence-electron chi connectivity index (χ1n) is 5.74. The van der Waals surface area contributed by atoms with Crippen molar-refractivity contribution in [1.82, 2.24) is 4.90 Å². The van der Waals surface area contributed by atoms with Gasteiger partial charge in [0.25, 0.3) is 0 Å². The summed E-state index contributed by atoms with van der Waals surface area (Å²) < 4.78 is 10.0. The number of hydrogen-bond donors (Lipinski definition) is 0. The van der Waals surface area contributed by atoms with Gasteiger partial charge in [0.1, 0.15) is 5.60 Å². The quantitative estimate of drug-likeness (QED) is 0.659. The molecule has 98 valence electrons. The molecule has 0 unspecified atom stereocenters. The number of methoxy groups -OCH3 is 1. The second kappa shape index (κ2) is 4.55. The second-order valence-corrected chi connectivity index (χ2v) is 5.70. The molecule has 1 aliphatic heterocycles. The molecule has 1 rings (SSSR count). The van der Waals surface area contributed by atoms with Crippen molar-refractivity contribution < 1.29 is 19.1 Å². The van der Waals surface area contributed by atoms with Gasteiger partial charge in [0.15, 0.2) is 0 Å². The lowest BCUT2D eigenvalue weighted by Crippen LogP contribution is -2.38. The van der Waals surface area contributed by atoms with Gasteiger partial charge >= 0.3 is 12.1 Å². The number of ether oxygens (including phenoxy) is 2. The summed E-state index contributed by atoms with van der Waals surface area (Å²) >= 11 is 0. The van der Waals surface area contributed by atoms with Crippen LogP contribution in [-0.4, -0.2) is 42.8 Å². The first-order chi connectivity index (χ1) is 7.68. The van der Waals surface area contributed by atoms with Crippen LogP contribution in [0, 0.1) is 5.41 Å². The van der Waals surface area contributed by atoms with Gasteiger partial charge in [0.05, 0.1) is 12.5 Å². The third-order valence-electron chi connectivity index (χ3n) is 2.80. The average Bonchev–Trinajstić information content (AvgIpc) is 2.58. The molecule has 1 atom stereocenters. The number of likely N-dealkylation sites (tertiary alicyclic amines) is 1. The first-order valence-corrected chi connectivity index (χ1v) is 5.74. The predicted octanol–water partition coefficient (Wildman–Crippen LogP) is 1.81. The molecule has 0 N–H and O–H groups in total. The summed E-state index contributed by atoms with van der Waals surface area (Å²) in [5.74, 6) is -0.274. The molecule has 0 bridgehead atoms. The molecule has 1 aliphatic rings. The Morgan fingerprint density at radius 2 is 1.88 bits per heavy atom. The minimum absolute atomic E-state index is 0.274. The Morgan fingerprint density at radius 3 is 2.35 bits per heavy atom. The molecular formula is C12H21NO4. The standard InChI is InChI=1S/C12H21NO4/c1-11(2,3)17-10(15)13-7-6-12(4,8-13)9(14)16-5/h6-8H2,1-5H3/t12-/m1/s1. The lowest BCUT2D eigenvalue weighted by Gasteiger charge is -2.25. The number of hydrogen-bond acceptors (Lipinski definition) is 4. The molecule has 1 saturated heterocycles. The van der Waals surface area contributed by atoms with Gasteiger partial charge in [-0.25, -0.2) is 4.79 Å². The molecule has 5 heteroatoms. The summed E-state index contributed by atoms with van der Waals surface area (Å²) in [6.45, 7) is 8.15. The van der Waals surface area contributed by atoms with Gasteiger partial charge in [-0.15, -0.1) is 0 Å². The number of carbonyl (C=O) groups excluding carboxylic acids is 2. The highest BCUT2D eigenvalue weighted by molar-refractivity contribution is 5.79. The largest absolute Gasteiger partial charge is 0.469 e. The molecule has 0 spiro atoms. The average molecular weight is 243 g/mol.